The van der Waals surface area contributed by atoms with Crippen LogP contribution in [0.5, 0.6) is 0 Å². The molecule has 0 saturated carbocycles. The molecule has 114 valence electrons. The van der Waals surface area contributed by atoms with E-state index in [-0.39, 0.29) is 17.4 Å². The molecule has 0 amide bonds. The van der Waals surface area contributed by atoms with Gasteiger partial charge < -0.3 is 10.1 Å². The summed E-state index contributed by atoms with van der Waals surface area (Å²) >= 11 is 1.78. The van der Waals surface area contributed by atoms with Crippen molar-refractivity contribution in [3.8, 4) is 0 Å². The molecule has 1 N–H and O–H groups in total. The van der Waals surface area contributed by atoms with Crippen LogP contribution in [0, 0.1) is 6.92 Å². The Morgan fingerprint density at radius 2 is 2.10 bits per heavy atom. The minimum Gasteiger partial charge on any atom is -0.469 e. The molecule has 1 atom stereocenters. The summed E-state index contributed by atoms with van der Waals surface area (Å²) in [5.41, 5.74) is 1.20. The van der Waals surface area contributed by atoms with Gasteiger partial charge in [0.2, 0.25) is 0 Å². The Morgan fingerprint density at radius 1 is 1.45 bits per heavy atom. The number of hydrogen-bond acceptors (Lipinski definition) is 5. The zero-order valence-electron chi connectivity index (χ0n) is 13.4. The number of carbonyl (C=O) groups is 1. The molecule has 20 heavy (non-hydrogen) atoms. The highest BCUT2D eigenvalue weighted by molar-refractivity contribution is 7.12. The maximum Gasteiger partial charge on any atom is 0.305 e. The van der Waals surface area contributed by atoms with E-state index in [9.17, 15) is 4.79 Å². The first-order valence-electron chi connectivity index (χ1n) is 7.03. The maximum atomic E-state index is 11.0. The van der Waals surface area contributed by atoms with Gasteiger partial charge in [0.05, 0.1) is 17.8 Å². The highest BCUT2D eigenvalue weighted by Gasteiger charge is 2.22. The Hall–Kier alpha value is -0.940. The van der Waals surface area contributed by atoms with E-state index in [4.69, 9.17) is 0 Å². The van der Waals surface area contributed by atoms with E-state index in [1.54, 1.807) is 11.3 Å². The van der Waals surface area contributed by atoms with Crippen LogP contribution in [0.3, 0.4) is 0 Å². The first-order chi connectivity index (χ1) is 9.25. The number of thiazole rings is 1. The Balaban J connectivity index is 2.53. The number of aryl methyl sites for hydroxylation is 1. The molecule has 0 fully saturated rings. The minimum absolute atomic E-state index is 0.0955. The summed E-state index contributed by atoms with van der Waals surface area (Å²) in [4.78, 5) is 17.0. The fourth-order valence-corrected chi connectivity index (χ4v) is 3.03. The van der Waals surface area contributed by atoms with Crippen molar-refractivity contribution < 1.29 is 9.53 Å². The van der Waals surface area contributed by atoms with Crippen LogP contribution in [0.25, 0.3) is 0 Å². The minimum atomic E-state index is -0.150. The van der Waals surface area contributed by atoms with Gasteiger partial charge in [-0.3, -0.25) is 4.79 Å². The molecular weight excluding hydrogens is 272 g/mol. The van der Waals surface area contributed by atoms with Crippen LogP contribution in [-0.2, 0) is 14.9 Å². The standard InChI is InChI=1S/C15H26N2O2S/c1-10(16-9-7-8-12(18)19-6)13-11(2)17-14(20-13)15(3,4)5/h10,16H,7-9H2,1-6H3. The number of carbonyl (C=O) groups excluding carboxylic acids is 1. The quantitative estimate of drug-likeness (QED) is 0.646. The summed E-state index contributed by atoms with van der Waals surface area (Å²) < 4.78 is 4.63. The number of ether oxygens (including phenoxy) is 1. The van der Waals surface area contributed by atoms with Crippen molar-refractivity contribution in [3.05, 3.63) is 15.6 Å². The van der Waals surface area contributed by atoms with Gasteiger partial charge in [0.15, 0.2) is 0 Å². The van der Waals surface area contributed by atoms with Gasteiger partial charge in [-0.05, 0) is 26.8 Å². The van der Waals surface area contributed by atoms with Crippen LogP contribution in [0.1, 0.15) is 62.2 Å². The maximum absolute atomic E-state index is 11.0. The van der Waals surface area contributed by atoms with Crippen LogP contribution < -0.4 is 5.32 Å². The predicted octanol–water partition coefficient (Wildman–Crippen LogP) is 3.35. The largest absolute Gasteiger partial charge is 0.469 e. The van der Waals surface area contributed by atoms with Crippen molar-refractivity contribution in [2.24, 2.45) is 0 Å². The monoisotopic (exact) mass is 298 g/mol. The smallest absolute Gasteiger partial charge is 0.305 e. The topological polar surface area (TPSA) is 51.2 Å². The van der Waals surface area contributed by atoms with E-state index < -0.39 is 0 Å². The summed E-state index contributed by atoms with van der Waals surface area (Å²) in [5.74, 6) is -0.150. The molecule has 1 aromatic heterocycles. The molecule has 0 aromatic carbocycles. The number of methoxy groups -OCH3 is 1. The van der Waals surface area contributed by atoms with Crippen molar-refractivity contribution in [1.29, 1.82) is 0 Å². The van der Waals surface area contributed by atoms with Crippen LogP contribution in [-0.4, -0.2) is 24.6 Å². The highest BCUT2D eigenvalue weighted by atomic mass is 32.1. The van der Waals surface area contributed by atoms with Crippen LogP contribution >= 0.6 is 11.3 Å². The third-order valence-electron chi connectivity index (χ3n) is 3.10. The predicted molar refractivity (Wildman–Crippen MR) is 83.2 cm³/mol. The number of rotatable bonds is 6. The number of nitrogens with zero attached hydrogens (tertiary/aromatic N) is 1. The molecule has 0 aliphatic rings. The number of esters is 1. The van der Waals surface area contributed by atoms with E-state index in [2.05, 4.69) is 49.7 Å². The lowest BCUT2D eigenvalue weighted by Gasteiger charge is -2.14. The summed E-state index contributed by atoms with van der Waals surface area (Å²) in [6, 6.07) is 0.265. The molecule has 0 bridgehead atoms. The molecule has 0 spiro atoms. The number of aromatic nitrogens is 1. The van der Waals surface area contributed by atoms with Gasteiger partial charge in [0.1, 0.15) is 0 Å². The van der Waals surface area contributed by atoms with Crippen molar-refractivity contribution in [2.75, 3.05) is 13.7 Å². The summed E-state index contributed by atoms with van der Waals surface area (Å²) in [5, 5.41) is 4.62. The molecule has 1 rings (SSSR count). The van der Waals surface area contributed by atoms with E-state index >= 15 is 0 Å². The Kier molecular flexibility index (Phi) is 6.14. The summed E-state index contributed by atoms with van der Waals surface area (Å²) in [7, 11) is 1.42. The zero-order chi connectivity index (χ0) is 15.3. The normalized spacial score (nSPS) is 13.3. The number of nitrogens with one attached hydrogen (secondary N) is 1. The average Bonchev–Trinajstić information content (AvgIpc) is 2.76. The molecule has 1 unspecified atom stereocenters. The zero-order valence-corrected chi connectivity index (χ0v) is 14.2. The van der Waals surface area contributed by atoms with Gasteiger partial charge in [-0.2, -0.15) is 0 Å². The molecule has 4 nitrogen and oxygen atoms in total. The Bertz CT molecular complexity index is 449. The van der Waals surface area contributed by atoms with Gasteiger partial charge in [0, 0.05) is 22.8 Å². The van der Waals surface area contributed by atoms with Gasteiger partial charge >= 0.3 is 5.97 Å². The summed E-state index contributed by atoms with van der Waals surface area (Å²) in [6.07, 6.45) is 1.26. The molecule has 0 aliphatic carbocycles. The van der Waals surface area contributed by atoms with E-state index in [1.165, 1.54) is 17.0 Å². The van der Waals surface area contributed by atoms with Gasteiger partial charge in [0.25, 0.3) is 0 Å². The first kappa shape index (κ1) is 17.1. The highest BCUT2D eigenvalue weighted by Crippen LogP contribution is 2.32. The first-order valence-corrected chi connectivity index (χ1v) is 7.85. The lowest BCUT2D eigenvalue weighted by atomic mass is 9.98. The van der Waals surface area contributed by atoms with E-state index in [1.807, 2.05) is 0 Å². The van der Waals surface area contributed by atoms with Crippen molar-refractivity contribution in [3.63, 3.8) is 0 Å². The fourth-order valence-electron chi connectivity index (χ4n) is 1.88. The van der Waals surface area contributed by atoms with E-state index in [0.29, 0.717) is 6.42 Å². The lowest BCUT2D eigenvalue weighted by Crippen LogP contribution is -2.20. The summed E-state index contributed by atoms with van der Waals surface area (Å²) in [6.45, 7) is 11.6. The molecule has 0 radical (unpaired) electrons. The average molecular weight is 298 g/mol. The Morgan fingerprint density at radius 3 is 2.60 bits per heavy atom. The second-order valence-corrected chi connectivity index (χ2v) is 7.10. The van der Waals surface area contributed by atoms with Gasteiger partial charge in [-0.25, -0.2) is 4.98 Å². The Labute approximate surface area is 125 Å². The van der Waals surface area contributed by atoms with Gasteiger partial charge in [-0.1, -0.05) is 20.8 Å². The molecule has 1 heterocycles. The van der Waals surface area contributed by atoms with Crippen LogP contribution in [0.4, 0.5) is 0 Å². The second-order valence-electron chi connectivity index (χ2n) is 6.07. The molecule has 0 aliphatic heterocycles. The van der Waals surface area contributed by atoms with E-state index in [0.717, 1.165) is 18.7 Å². The molecular formula is C15H26N2O2S. The third-order valence-corrected chi connectivity index (χ3v) is 4.87. The van der Waals surface area contributed by atoms with Crippen molar-refractivity contribution in [2.45, 2.75) is 58.9 Å². The van der Waals surface area contributed by atoms with Crippen molar-refractivity contribution >= 4 is 17.3 Å². The van der Waals surface area contributed by atoms with Gasteiger partial charge in [-0.15, -0.1) is 11.3 Å². The van der Waals surface area contributed by atoms with Crippen molar-refractivity contribution in [1.82, 2.24) is 10.3 Å². The molecule has 1 aromatic rings. The van der Waals surface area contributed by atoms with Crippen LogP contribution in [0.2, 0.25) is 0 Å². The lowest BCUT2D eigenvalue weighted by molar-refractivity contribution is -0.140. The fraction of sp³-hybridized carbons (Fsp3) is 0.733. The van der Waals surface area contributed by atoms with Crippen LogP contribution in [0.15, 0.2) is 0 Å². The SMILES string of the molecule is COC(=O)CCCNC(C)c1sc(C(C)(C)C)nc1C. The number of hydrogen-bond donors (Lipinski definition) is 1. The third kappa shape index (κ3) is 4.87. The molecule has 5 heteroatoms. The molecule has 0 saturated heterocycles. The second kappa shape index (κ2) is 7.18.